The molecule has 2 heterocycles. The molecule has 0 aliphatic rings. The highest BCUT2D eigenvalue weighted by Gasteiger charge is 2.17. The molecule has 0 atom stereocenters. The molecule has 4 aromatic rings. The number of halogens is 2. The third kappa shape index (κ3) is 3.51. The predicted molar refractivity (Wildman–Crippen MR) is 111 cm³/mol. The second-order valence-corrected chi connectivity index (χ2v) is 8.82. The lowest BCUT2D eigenvalue weighted by Gasteiger charge is -2.03. The molecule has 25 heavy (non-hydrogen) atoms. The van der Waals surface area contributed by atoms with E-state index in [2.05, 4.69) is 31.2 Å². The van der Waals surface area contributed by atoms with Crippen LogP contribution in [0, 0.1) is 6.92 Å². The van der Waals surface area contributed by atoms with E-state index in [1.165, 1.54) is 11.1 Å². The lowest BCUT2D eigenvalue weighted by molar-refractivity contribution is 1.41. The molecule has 0 unspecified atom stereocenters. The van der Waals surface area contributed by atoms with Crippen molar-refractivity contribution in [3.8, 4) is 31.6 Å². The van der Waals surface area contributed by atoms with Crippen molar-refractivity contribution < 1.29 is 0 Å². The fourth-order valence-corrected chi connectivity index (χ4v) is 4.88. The number of benzene rings is 2. The Morgan fingerprint density at radius 3 is 2.08 bits per heavy atom. The highest BCUT2D eigenvalue weighted by atomic mass is 35.5. The summed E-state index contributed by atoms with van der Waals surface area (Å²) in [6.45, 7) is 2.09. The summed E-state index contributed by atoms with van der Waals surface area (Å²) in [6, 6.07) is 20.3. The van der Waals surface area contributed by atoms with Crippen molar-refractivity contribution in [2.75, 3.05) is 0 Å². The minimum absolute atomic E-state index is 0.723. The normalized spacial score (nSPS) is 11.0. The molecule has 0 spiro atoms. The molecular formula is C20H13Cl2NS2. The SMILES string of the molecule is Cc1ccc(-c2sc(-c3ccc(Cl)s3)nc2-c2ccc(Cl)cc2)cc1. The molecule has 0 fully saturated rings. The van der Waals surface area contributed by atoms with Crippen molar-refractivity contribution in [2.45, 2.75) is 6.92 Å². The first-order chi connectivity index (χ1) is 12.1. The number of hydrogen-bond acceptors (Lipinski definition) is 3. The average Bonchev–Trinajstić information content (AvgIpc) is 3.23. The Labute approximate surface area is 164 Å². The van der Waals surface area contributed by atoms with E-state index in [4.69, 9.17) is 28.2 Å². The molecule has 0 N–H and O–H groups in total. The number of rotatable bonds is 3. The summed E-state index contributed by atoms with van der Waals surface area (Å²) in [6.07, 6.45) is 0. The van der Waals surface area contributed by atoms with E-state index in [0.717, 1.165) is 35.4 Å². The maximum Gasteiger partial charge on any atom is 0.134 e. The summed E-state index contributed by atoms with van der Waals surface area (Å²) in [4.78, 5) is 7.16. The fraction of sp³-hybridized carbons (Fsp3) is 0.0500. The van der Waals surface area contributed by atoms with Gasteiger partial charge in [0.1, 0.15) is 5.01 Å². The van der Waals surface area contributed by atoms with E-state index in [1.807, 2.05) is 36.4 Å². The van der Waals surface area contributed by atoms with Gasteiger partial charge in [-0.15, -0.1) is 22.7 Å². The van der Waals surface area contributed by atoms with Crippen LogP contribution in [-0.2, 0) is 0 Å². The maximum absolute atomic E-state index is 6.11. The van der Waals surface area contributed by atoms with Gasteiger partial charge in [-0.3, -0.25) is 0 Å². The lowest BCUT2D eigenvalue weighted by Crippen LogP contribution is -1.82. The largest absolute Gasteiger partial charge is 0.235 e. The highest BCUT2D eigenvalue weighted by Crippen LogP contribution is 2.43. The van der Waals surface area contributed by atoms with Gasteiger partial charge in [0.15, 0.2) is 0 Å². The molecule has 0 radical (unpaired) electrons. The first-order valence-corrected chi connectivity index (χ1v) is 10.1. The Morgan fingerprint density at radius 2 is 1.44 bits per heavy atom. The van der Waals surface area contributed by atoms with Gasteiger partial charge in [-0.1, -0.05) is 65.2 Å². The Balaban J connectivity index is 1.89. The fourth-order valence-electron chi connectivity index (χ4n) is 2.56. The maximum atomic E-state index is 6.11. The van der Waals surface area contributed by atoms with Crippen LogP contribution in [0.25, 0.3) is 31.6 Å². The molecule has 0 aliphatic carbocycles. The van der Waals surface area contributed by atoms with Gasteiger partial charge in [0.25, 0.3) is 0 Å². The van der Waals surface area contributed by atoms with Gasteiger partial charge in [0.05, 0.1) is 19.8 Å². The van der Waals surface area contributed by atoms with Crippen molar-refractivity contribution in [1.82, 2.24) is 4.98 Å². The zero-order valence-corrected chi connectivity index (χ0v) is 16.4. The standard InChI is InChI=1S/C20H13Cl2NS2/c1-12-2-4-14(5-3-12)19-18(13-6-8-15(21)9-7-13)23-20(25-19)16-10-11-17(22)24-16/h2-11H,1H3. The Morgan fingerprint density at radius 1 is 0.760 bits per heavy atom. The lowest BCUT2D eigenvalue weighted by atomic mass is 10.1. The van der Waals surface area contributed by atoms with Crippen LogP contribution in [0.2, 0.25) is 9.36 Å². The van der Waals surface area contributed by atoms with E-state index < -0.39 is 0 Å². The van der Waals surface area contributed by atoms with Crippen LogP contribution in [0.3, 0.4) is 0 Å². The smallest absolute Gasteiger partial charge is 0.134 e. The first kappa shape index (κ1) is 16.8. The van der Waals surface area contributed by atoms with Crippen LogP contribution < -0.4 is 0 Å². The molecule has 5 heteroatoms. The van der Waals surface area contributed by atoms with Crippen LogP contribution in [0.4, 0.5) is 0 Å². The summed E-state index contributed by atoms with van der Waals surface area (Å²) in [5.74, 6) is 0. The van der Waals surface area contributed by atoms with E-state index in [9.17, 15) is 0 Å². The average molecular weight is 402 g/mol. The highest BCUT2D eigenvalue weighted by molar-refractivity contribution is 7.25. The van der Waals surface area contributed by atoms with E-state index in [1.54, 1.807) is 22.7 Å². The third-order valence-electron chi connectivity index (χ3n) is 3.84. The van der Waals surface area contributed by atoms with Crippen molar-refractivity contribution in [1.29, 1.82) is 0 Å². The van der Waals surface area contributed by atoms with Crippen molar-refractivity contribution >= 4 is 45.9 Å². The molecule has 1 nitrogen and oxygen atoms in total. The molecule has 0 amide bonds. The minimum atomic E-state index is 0.723. The minimum Gasteiger partial charge on any atom is -0.235 e. The van der Waals surface area contributed by atoms with E-state index in [-0.39, 0.29) is 0 Å². The van der Waals surface area contributed by atoms with Crippen molar-refractivity contribution in [2.24, 2.45) is 0 Å². The number of thiophene rings is 1. The van der Waals surface area contributed by atoms with E-state index >= 15 is 0 Å². The number of hydrogen-bond donors (Lipinski definition) is 0. The van der Waals surface area contributed by atoms with Gasteiger partial charge in [-0.05, 0) is 36.8 Å². The molecule has 0 aliphatic heterocycles. The summed E-state index contributed by atoms with van der Waals surface area (Å²) in [5, 5.41) is 1.71. The van der Waals surface area contributed by atoms with Gasteiger partial charge in [-0.25, -0.2) is 4.98 Å². The van der Waals surface area contributed by atoms with Gasteiger partial charge in [0, 0.05) is 10.6 Å². The predicted octanol–water partition coefficient (Wildman–Crippen LogP) is 7.82. The number of thiazole rings is 1. The summed E-state index contributed by atoms with van der Waals surface area (Å²) in [5.41, 5.74) is 4.45. The second-order valence-electron chi connectivity index (χ2n) is 5.67. The molecule has 124 valence electrons. The van der Waals surface area contributed by atoms with Gasteiger partial charge in [0.2, 0.25) is 0 Å². The van der Waals surface area contributed by atoms with Crippen molar-refractivity contribution in [3.63, 3.8) is 0 Å². The van der Waals surface area contributed by atoms with E-state index in [0.29, 0.717) is 0 Å². The van der Waals surface area contributed by atoms with Crippen LogP contribution in [0.5, 0.6) is 0 Å². The molecule has 0 saturated heterocycles. The summed E-state index contributed by atoms with van der Waals surface area (Å²) >= 11 is 15.4. The Kier molecular flexibility index (Phi) is 4.65. The molecule has 2 aromatic carbocycles. The van der Waals surface area contributed by atoms with Crippen LogP contribution >= 0.6 is 45.9 Å². The molecule has 4 rings (SSSR count). The third-order valence-corrected chi connectivity index (χ3v) is 6.60. The number of nitrogens with zero attached hydrogens (tertiary/aromatic N) is 1. The zero-order valence-electron chi connectivity index (χ0n) is 13.3. The quantitative estimate of drug-likeness (QED) is 0.340. The topological polar surface area (TPSA) is 12.9 Å². The monoisotopic (exact) mass is 401 g/mol. The number of aromatic nitrogens is 1. The first-order valence-electron chi connectivity index (χ1n) is 7.70. The second kappa shape index (κ2) is 6.93. The summed E-state index contributed by atoms with van der Waals surface area (Å²) in [7, 11) is 0. The van der Waals surface area contributed by atoms with Gasteiger partial charge in [-0.2, -0.15) is 0 Å². The molecule has 0 bridgehead atoms. The van der Waals surface area contributed by atoms with Crippen molar-refractivity contribution in [3.05, 3.63) is 75.6 Å². The van der Waals surface area contributed by atoms with Crippen LogP contribution in [-0.4, -0.2) is 4.98 Å². The Bertz CT molecular complexity index is 952. The van der Waals surface area contributed by atoms with Crippen LogP contribution in [0.15, 0.2) is 60.7 Å². The molecule has 0 saturated carbocycles. The summed E-state index contributed by atoms with van der Waals surface area (Å²) < 4.78 is 0.773. The van der Waals surface area contributed by atoms with Gasteiger partial charge < -0.3 is 0 Å². The number of aryl methyl sites for hydroxylation is 1. The zero-order chi connectivity index (χ0) is 17.4. The van der Waals surface area contributed by atoms with Gasteiger partial charge >= 0.3 is 0 Å². The Hall–Kier alpha value is -1.65. The van der Waals surface area contributed by atoms with Crippen LogP contribution in [0.1, 0.15) is 5.56 Å². The molecular weight excluding hydrogens is 389 g/mol. The molecule has 2 aromatic heterocycles.